The van der Waals surface area contributed by atoms with Gasteiger partial charge in [-0.25, -0.2) is 18.7 Å². The summed E-state index contributed by atoms with van der Waals surface area (Å²) in [5.74, 6) is 0.501. The quantitative estimate of drug-likeness (QED) is 0.483. The average Bonchev–Trinajstić information content (AvgIpc) is 3.54. The molecule has 192 valence electrons. The average molecular weight is 519 g/mol. The van der Waals surface area contributed by atoms with Gasteiger partial charge in [0.15, 0.2) is 0 Å². The maximum Gasteiger partial charge on any atom is 0.282 e. The lowest BCUT2D eigenvalue weighted by atomic mass is 9.85. The van der Waals surface area contributed by atoms with Crippen molar-refractivity contribution in [1.29, 1.82) is 0 Å². The molecule has 0 spiro atoms. The van der Waals surface area contributed by atoms with Crippen LogP contribution in [0.15, 0.2) is 24.5 Å². The summed E-state index contributed by atoms with van der Waals surface area (Å²) in [6.45, 7) is 4.66. The standard InChI is InChI=1S/C25H29ClF2N6O2/c1-25(13-36-12-21(25)35)33-6-4-14(5-7-33)17-9-19-15(8-18(17)26)10-29-24(31-19)32-20-11-30-34(16-2-3-16)22(20)23(27)28/h8-11,14,16,21,23,35H,2-7,12-13H2,1H3,(H,29,31,32)/t21-,25+/m0/s1. The van der Waals surface area contributed by atoms with Gasteiger partial charge < -0.3 is 15.2 Å². The molecule has 11 heteroatoms. The Morgan fingerprint density at radius 3 is 2.64 bits per heavy atom. The fraction of sp³-hybridized carbons (Fsp3) is 0.560. The molecule has 3 aromatic rings. The highest BCUT2D eigenvalue weighted by atomic mass is 35.5. The minimum atomic E-state index is -2.65. The van der Waals surface area contributed by atoms with Crippen LogP contribution in [0.1, 0.15) is 62.2 Å². The number of aliphatic hydroxyl groups excluding tert-OH is 1. The normalized spacial score (nSPS) is 25.8. The van der Waals surface area contributed by atoms with Gasteiger partial charge in [-0.05, 0) is 69.3 Å². The lowest BCUT2D eigenvalue weighted by Crippen LogP contribution is -2.56. The molecular weight excluding hydrogens is 490 g/mol. The van der Waals surface area contributed by atoms with Crippen molar-refractivity contribution in [2.24, 2.45) is 0 Å². The summed E-state index contributed by atoms with van der Waals surface area (Å²) in [7, 11) is 0. The number of nitrogens with one attached hydrogen (secondary N) is 1. The number of likely N-dealkylation sites (tertiary alicyclic amines) is 1. The molecule has 2 N–H and O–H groups in total. The van der Waals surface area contributed by atoms with E-state index in [-0.39, 0.29) is 34.8 Å². The molecule has 2 atom stereocenters. The SMILES string of the molecule is C[C@@]1(N2CCC(c3cc4nc(Nc5cnn(C6CC6)c5C(F)F)ncc4cc3Cl)CC2)COC[C@@H]1O. The number of anilines is 2. The maximum absolute atomic E-state index is 13.8. The van der Waals surface area contributed by atoms with Gasteiger partial charge in [-0.1, -0.05) is 11.6 Å². The van der Waals surface area contributed by atoms with E-state index in [0.717, 1.165) is 49.7 Å². The first-order valence-electron chi connectivity index (χ1n) is 12.4. The van der Waals surface area contributed by atoms with E-state index in [0.29, 0.717) is 23.8 Å². The van der Waals surface area contributed by atoms with E-state index >= 15 is 0 Å². The molecule has 1 aromatic carbocycles. The number of benzene rings is 1. The molecule has 36 heavy (non-hydrogen) atoms. The van der Waals surface area contributed by atoms with Crippen molar-refractivity contribution >= 4 is 34.1 Å². The number of rotatable bonds is 6. The van der Waals surface area contributed by atoms with Crippen LogP contribution in [0.3, 0.4) is 0 Å². The zero-order valence-corrected chi connectivity index (χ0v) is 20.8. The Balaban J connectivity index is 1.22. The van der Waals surface area contributed by atoms with E-state index in [1.807, 2.05) is 12.1 Å². The predicted octanol–water partition coefficient (Wildman–Crippen LogP) is 4.83. The number of hydrogen-bond acceptors (Lipinski definition) is 7. The number of hydrogen-bond donors (Lipinski definition) is 2. The second kappa shape index (κ2) is 9.16. The van der Waals surface area contributed by atoms with Crippen molar-refractivity contribution in [3.63, 3.8) is 0 Å². The Kier molecular flexibility index (Phi) is 6.10. The molecule has 1 aliphatic carbocycles. The highest BCUT2D eigenvalue weighted by Gasteiger charge is 2.45. The van der Waals surface area contributed by atoms with Crippen molar-refractivity contribution in [3.8, 4) is 0 Å². The fourth-order valence-corrected chi connectivity index (χ4v) is 5.84. The highest BCUT2D eigenvalue weighted by Crippen LogP contribution is 2.41. The molecular formula is C25H29ClF2N6O2. The Labute approximate surface area is 212 Å². The fourth-order valence-electron chi connectivity index (χ4n) is 5.51. The van der Waals surface area contributed by atoms with Gasteiger partial charge >= 0.3 is 0 Å². The molecule has 1 saturated carbocycles. The van der Waals surface area contributed by atoms with Crippen molar-refractivity contribution in [3.05, 3.63) is 40.8 Å². The molecule has 3 aliphatic rings. The van der Waals surface area contributed by atoms with E-state index in [2.05, 4.69) is 32.2 Å². The number of alkyl halides is 2. The molecule has 2 saturated heterocycles. The van der Waals surface area contributed by atoms with Gasteiger partial charge in [0.1, 0.15) is 5.69 Å². The summed E-state index contributed by atoms with van der Waals surface area (Å²) in [5, 5.41) is 19.0. The van der Waals surface area contributed by atoms with Crippen LogP contribution in [0.4, 0.5) is 20.4 Å². The van der Waals surface area contributed by atoms with Crippen LogP contribution < -0.4 is 5.32 Å². The summed E-state index contributed by atoms with van der Waals surface area (Å²) in [6, 6.07) is 3.90. The van der Waals surface area contributed by atoms with Crippen LogP contribution in [-0.4, -0.2) is 67.7 Å². The lowest BCUT2D eigenvalue weighted by molar-refractivity contribution is -0.00211. The number of halogens is 3. The summed E-state index contributed by atoms with van der Waals surface area (Å²) in [5.41, 5.74) is 1.47. The monoisotopic (exact) mass is 518 g/mol. The number of nitrogens with zero attached hydrogens (tertiary/aromatic N) is 5. The molecule has 6 rings (SSSR count). The van der Waals surface area contributed by atoms with Gasteiger partial charge in [-0.2, -0.15) is 5.10 Å². The predicted molar refractivity (Wildman–Crippen MR) is 132 cm³/mol. The molecule has 0 unspecified atom stereocenters. The van der Waals surface area contributed by atoms with Gasteiger partial charge in [0.05, 0.1) is 48.3 Å². The highest BCUT2D eigenvalue weighted by molar-refractivity contribution is 6.32. The number of piperidine rings is 1. The van der Waals surface area contributed by atoms with Gasteiger partial charge in [0.2, 0.25) is 5.95 Å². The summed E-state index contributed by atoms with van der Waals surface area (Å²) in [6.07, 6.45) is 3.48. The molecule has 0 bridgehead atoms. The Bertz CT molecular complexity index is 1280. The van der Waals surface area contributed by atoms with Crippen LogP contribution in [0.5, 0.6) is 0 Å². The van der Waals surface area contributed by atoms with E-state index < -0.39 is 12.5 Å². The van der Waals surface area contributed by atoms with Crippen LogP contribution in [0.25, 0.3) is 10.9 Å². The first-order chi connectivity index (χ1) is 17.3. The maximum atomic E-state index is 13.8. The van der Waals surface area contributed by atoms with Crippen molar-refractivity contribution in [1.82, 2.24) is 24.6 Å². The second-order valence-electron chi connectivity index (χ2n) is 10.3. The van der Waals surface area contributed by atoms with Gasteiger partial charge in [-0.15, -0.1) is 0 Å². The third-order valence-electron chi connectivity index (χ3n) is 7.92. The van der Waals surface area contributed by atoms with Crippen LogP contribution >= 0.6 is 11.6 Å². The summed E-state index contributed by atoms with van der Waals surface area (Å²) in [4.78, 5) is 11.3. The zero-order valence-electron chi connectivity index (χ0n) is 20.0. The Morgan fingerprint density at radius 2 is 1.97 bits per heavy atom. The topological polar surface area (TPSA) is 88.3 Å². The van der Waals surface area contributed by atoms with E-state index in [1.165, 1.54) is 10.9 Å². The molecule has 2 aliphatic heterocycles. The van der Waals surface area contributed by atoms with E-state index in [4.69, 9.17) is 16.3 Å². The number of aliphatic hydroxyl groups is 1. The Hall–Kier alpha value is -2.40. The largest absolute Gasteiger partial charge is 0.389 e. The van der Waals surface area contributed by atoms with E-state index in [9.17, 15) is 13.9 Å². The zero-order chi connectivity index (χ0) is 25.0. The van der Waals surface area contributed by atoms with Gasteiger partial charge in [0, 0.05) is 16.6 Å². The van der Waals surface area contributed by atoms with E-state index in [1.54, 1.807) is 6.20 Å². The molecule has 8 nitrogen and oxygen atoms in total. The lowest BCUT2D eigenvalue weighted by Gasteiger charge is -2.43. The molecule has 4 heterocycles. The van der Waals surface area contributed by atoms with Crippen LogP contribution in [-0.2, 0) is 4.74 Å². The molecule has 0 radical (unpaired) electrons. The van der Waals surface area contributed by atoms with Crippen molar-refractivity contribution < 1.29 is 18.6 Å². The molecule has 2 aromatic heterocycles. The Morgan fingerprint density at radius 1 is 1.19 bits per heavy atom. The second-order valence-corrected chi connectivity index (χ2v) is 10.7. The minimum absolute atomic E-state index is 0.0465. The van der Waals surface area contributed by atoms with Crippen molar-refractivity contribution in [2.45, 2.75) is 62.6 Å². The first kappa shape index (κ1) is 24.0. The summed E-state index contributed by atoms with van der Waals surface area (Å²) < 4.78 is 34.4. The first-order valence-corrected chi connectivity index (χ1v) is 12.8. The van der Waals surface area contributed by atoms with Crippen LogP contribution in [0.2, 0.25) is 5.02 Å². The molecule has 3 fully saturated rings. The smallest absolute Gasteiger partial charge is 0.282 e. The van der Waals surface area contributed by atoms with Gasteiger partial charge in [0.25, 0.3) is 6.43 Å². The third-order valence-corrected chi connectivity index (χ3v) is 8.25. The third kappa shape index (κ3) is 4.23. The number of aromatic nitrogens is 4. The number of ether oxygens (including phenoxy) is 1. The van der Waals surface area contributed by atoms with Crippen LogP contribution in [0, 0.1) is 0 Å². The number of fused-ring (bicyclic) bond motifs is 1. The minimum Gasteiger partial charge on any atom is -0.389 e. The molecule has 0 amide bonds. The van der Waals surface area contributed by atoms with Crippen molar-refractivity contribution in [2.75, 3.05) is 31.6 Å². The van der Waals surface area contributed by atoms with Gasteiger partial charge in [-0.3, -0.25) is 9.58 Å². The summed E-state index contributed by atoms with van der Waals surface area (Å²) >= 11 is 6.67.